The third-order valence-corrected chi connectivity index (χ3v) is 9.99. The Morgan fingerprint density at radius 1 is 1.03 bits per heavy atom. The standard InChI is InChI=1S/C23H30F3N3O3S/c24-23(25,26)18-3-5-20(6-4-18)33(31,32)29-7-1-2-19(29)14-27-21(30)28-22-11-15-8-16(12-22)10-17(9-15)13-22/h3-6,15-17,19H,1-2,7-14H2,(H2,27,28,30). The molecule has 0 radical (unpaired) electrons. The minimum absolute atomic E-state index is 0.125. The summed E-state index contributed by atoms with van der Waals surface area (Å²) in [6.45, 7) is 0.463. The summed E-state index contributed by atoms with van der Waals surface area (Å²) in [6.07, 6.45) is 3.65. The zero-order chi connectivity index (χ0) is 23.4. The molecule has 1 atom stereocenters. The average Bonchev–Trinajstić information content (AvgIpc) is 3.20. The lowest BCUT2D eigenvalue weighted by molar-refractivity contribution is -0.137. The van der Waals surface area contributed by atoms with E-state index >= 15 is 0 Å². The normalized spacial score (nSPS) is 33.9. The second-order valence-electron chi connectivity index (χ2n) is 10.5. The van der Waals surface area contributed by atoms with Crippen LogP contribution in [-0.4, -0.2) is 43.4 Å². The van der Waals surface area contributed by atoms with Crippen LogP contribution in [0.4, 0.5) is 18.0 Å². The number of nitrogens with zero attached hydrogens (tertiary/aromatic N) is 1. The number of hydrogen-bond acceptors (Lipinski definition) is 3. The second-order valence-corrected chi connectivity index (χ2v) is 12.4. The van der Waals surface area contributed by atoms with Crippen molar-refractivity contribution in [3.05, 3.63) is 29.8 Å². The molecule has 1 unspecified atom stereocenters. The van der Waals surface area contributed by atoms with Gasteiger partial charge in [0.2, 0.25) is 10.0 Å². The van der Waals surface area contributed by atoms with E-state index in [1.807, 2.05) is 0 Å². The first-order valence-corrected chi connectivity index (χ1v) is 13.2. The number of rotatable bonds is 5. The number of amides is 2. The Labute approximate surface area is 192 Å². The molecule has 1 saturated heterocycles. The number of hydrogen-bond donors (Lipinski definition) is 2. The molecule has 0 spiro atoms. The molecule has 4 bridgehead atoms. The van der Waals surface area contributed by atoms with Crippen LogP contribution in [0.15, 0.2) is 29.2 Å². The molecule has 33 heavy (non-hydrogen) atoms. The van der Waals surface area contributed by atoms with Gasteiger partial charge in [0.1, 0.15) is 0 Å². The van der Waals surface area contributed by atoms with Crippen LogP contribution in [0, 0.1) is 17.8 Å². The molecular weight excluding hydrogens is 455 g/mol. The van der Waals surface area contributed by atoms with Crippen molar-refractivity contribution < 1.29 is 26.4 Å². The van der Waals surface area contributed by atoms with Crippen LogP contribution in [0.1, 0.15) is 56.9 Å². The molecule has 10 heteroatoms. The van der Waals surface area contributed by atoms with Gasteiger partial charge in [-0.25, -0.2) is 13.2 Å². The van der Waals surface area contributed by atoms with Gasteiger partial charge in [0, 0.05) is 24.7 Å². The molecule has 1 aromatic rings. The summed E-state index contributed by atoms with van der Waals surface area (Å²) in [7, 11) is -3.95. The smallest absolute Gasteiger partial charge is 0.337 e. The Morgan fingerprint density at radius 3 is 2.15 bits per heavy atom. The topological polar surface area (TPSA) is 78.5 Å². The van der Waals surface area contributed by atoms with Crippen LogP contribution in [0.5, 0.6) is 0 Å². The van der Waals surface area contributed by atoms with E-state index in [1.165, 1.54) is 23.6 Å². The van der Waals surface area contributed by atoms with Crippen molar-refractivity contribution in [2.75, 3.05) is 13.1 Å². The lowest BCUT2D eigenvalue weighted by Crippen LogP contribution is -2.62. The maximum absolute atomic E-state index is 13.1. The number of sulfonamides is 1. The Balaban J connectivity index is 1.21. The maximum atomic E-state index is 13.1. The Morgan fingerprint density at radius 2 is 1.61 bits per heavy atom. The molecule has 1 heterocycles. The van der Waals surface area contributed by atoms with Crippen LogP contribution in [0.2, 0.25) is 0 Å². The number of carbonyl (C=O) groups is 1. The third kappa shape index (κ3) is 4.48. The molecule has 5 aliphatic rings. The highest BCUT2D eigenvalue weighted by molar-refractivity contribution is 7.89. The summed E-state index contributed by atoms with van der Waals surface area (Å²) in [4.78, 5) is 12.6. The van der Waals surface area contributed by atoms with Gasteiger partial charge in [0.25, 0.3) is 0 Å². The first kappa shape index (κ1) is 23.0. The average molecular weight is 486 g/mol. The third-order valence-electron chi connectivity index (χ3n) is 8.03. The summed E-state index contributed by atoms with van der Waals surface area (Å²) < 4.78 is 65.9. The zero-order valence-corrected chi connectivity index (χ0v) is 19.2. The highest BCUT2D eigenvalue weighted by Gasteiger charge is 2.51. The number of alkyl halides is 3. The van der Waals surface area contributed by atoms with E-state index in [2.05, 4.69) is 10.6 Å². The minimum Gasteiger partial charge on any atom is -0.337 e. The molecule has 1 aromatic carbocycles. The van der Waals surface area contributed by atoms with Gasteiger partial charge in [0.15, 0.2) is 0 Å². The van der Waals surface area contributed by atoms with E-state index in [1.54, 1.807) is 0 Å². The van der Waals surface area contributed by atoms with Crippen LogP contribution in [-0.2, 0) is 16.2 Å². The number of urea groups is 1. The summed E-state index contributed by atoms with van der Waals surface area (Å²) in [5.41, 5.74) is -1.01. The van der Waals surface area contributed by atoms with Gasteiger partial charge >= 0.3 is 12.2 Å². The van der Waals surface area contributed by atoms with E-state index in [4.69, 9.17) is 0 Å². The Hall–Kier alpha value is -1.81. The fraction of sp³-hybridized carbons (Fsp3) is 0.696. The highest BCUT2D eigenvalue weighted by Crippen LogP contribution is 2.55. The van der Waals surface area contributed by atoms with Gasteiger partial charge in [-0.1, -0.05) is 0 Å². The van der Waals surface area contributed by atoms with Crippen molar-refractivity contribution in [1.29, 1.82) is 0 Å². The lowest BCUT2D eigenvalue weighted by Gasteiger charge is -2.56. The van der Waals surface area contributed by atoms with Crippen LogP contribution in [0.3, 0.4) is 0 Å². The van der Waals surface area contributed by atoms with Gasteiger partial charge in [-0.15, -0.1) is 0 Å². The quantitative estimate of drug-likeness (QED) is 0.659. The molecule has 6 nitrogen and oxygen atoms in total. The van der Waals surface area contributed by atoms with E-state index in [9.17, 15) is 26.4 Å². The predicted molar refractivity (Wildman–Crippen MR) is 116 cm³/mol. The van der Waals surface area contributed by atoms with E-state index < -0.39 is 27.8 Å². The van der Waals surface area contributed by atoms with E-state index in [0.29, 0.717) is 30.6 Å². The van der Waals surface area contributed by atoms with Crippen LogP contribution in [0.25, 0.3) is 0 Å². The van der Waals surface area contributed by atoms with Crippen molar-refractivity contribution in [3.63, 3.8) is 0 Å². The van der Waals surface area contributed by atoms with Gasteiger partial charge in [-0.2, -0.15) is 17.5 Å². The molecule has 2 N–H and O–H groups in total. The molecule has 0 aromatic heterocycles. The molecule has 2 amide bonds. The van der Waals surface area contributed by atoms with Gasteiger partial charge < -0.3 is 10.6 Å². The van der Waals surface area contributed by atoms with Crippen molar-refractivity contribution in [3.8, 4) is 0 Å². The lowest BCUT2D eigenvalue weighted by atomic mass is 9.53. The van der Waals surface area contributed by atoms with Crippen molar-refractivity contribution in [1.82, 2.24) is 14.9 Å². The van der Waals surface area contributed by atoms with Crippen LogP contribution < -0.4 is 10.6 Å². The first-order valence-electron chi connectivity index (χ1n) is 11.8. The molecule has 5 fully saturated rings. The largest absolute Gasteiger partial charge is 0.416 e. The number of halogens is 3. The summed E-state index contributed by atoms with van der Waals surface area (Å²) in [5.74, 6) is 2.11. The minimum atomic E-state index is -4.52. The fourth-order valence-electron chi connectivity index (χ4n) is 7.04. The van der Waals surface area contributed by atoms with Crippen molar-refractivity contribution in [2.24, 2.45) is 17.8 Å². The van der Waals surface area contributed by atoms with Gasteiger partial charge in [-0.05, 0) is 93.4 Å². The van der Waals surface area contributed by atoms with Crippen LogP contribution >= 0.6 is 0 Å². The Bertz CT molecular complexity index is 975. The monoisotopic (exact) mass is 485 g/mol. The van der Waals surface area contributed by atoms with Gasteiger partial charge in [0.05, 0.1) is 10.5 Å². The molecule has 4 saturated carbocycles. The predicted octanol–water partition coefficient (Wildman–Crippen LogP) is 4.13. The number of nitrogens with one attached hydrogen (secondary N) is 2. The summed E-state index contributed by atoms with van der Waals surface area (Å²) >= 11 is 0. The highest BCUT2D eigenvalue weighted by atomic mass is 32.2. The SMILES string of the molecule is O=C(NCC1CCCN1S(=O)(=O)c1ccc(C(F)(F)F)cc1)NC12CC3CC(CC(C3)C1)C2. The molecule has 1 aliphatic heterocycles. The fourth-order valence-corrected chi connectivity index (χ4v) is 8.73. The molecular formula is C23H30F3N3O3S. The summed E-state index contributed by atoms with van der Waals surface area (Å²) in [5, 5.41) is 6.11. The Kier molecular flexibility index (Phi) is 5.67. The summed E-state index contributed by atoms with van der Waals surface area (Å²) in [6, 6.07) is 2.90. The molecule has 4 aliphatic carbocycles. The first-order chi connectivity index (χ1) is 15.5. The molecule has 6 rings (SSSR count). The van der Waals surface area contributed by atoms with E-state index in [0.717, 1.165) is 43.5 Å². The number of carbonyl (C=O) groups excluding carboxylic acids is 1. The molecule has 182 valence electrons. The number of benzene rings is 1. The maximum Gasteiger partial charge on any atom is 0.416 e. The van der Waals surface area contributed by atoms with E-state index in [-0.39, 0.29) is 29.6 Å². The zero-order valence-electron chi connectivity index (χ0n) is 18.4. The van der Waals surface area contributed by atoms with Gasteiger partial charge in [-0.3, -0.25) is 0 Å². The van der Waals surface area contributed by atoms with Crippen molar-refractivity contribution in [2.45, 2.75) is 74.0 Å². The van der Waals surface area contributed by atoms with Crippen molar-refractivity contribution >= 4 is 16.1 Å². The second kappa shape index (κ2) is 8.15.